The molecule has 0 radical (unpaired) electrons. The molecule has 0 aliphatic rings. The topological polar surface area (TPSA) is 69.5 Å². The minimum absolute atomic E-state index is 0.234. The van der Waals surface area contributed by atoms with E-state index in [1.165, 1.54) is 0 Å². The first kappa shape index (κ1) is 10.1. The van der Waals surface area contributed by atoms with Gasteiger partial charge in [0.2, 0.25) is 0 Å². The molecule has 0 aliphatic heterocycles. The number of rotatable bonds is 1. The lowest BCUT2D eigenvalue weighted by molar-refractivity contribution is -0.0910. The zero-order valence-electron chi connectivity index (χ0n) is 8.74. The normalized spacial score (nSPS) is 9.75. The Bertz CT molecular complexity index is 608. The smallest absolute Gasteiger partial charge is 0.314 e. The molecule has 2 rings (SSSR count). The number of aromatic nitrogens is 2. The Morgan fingerprint density at radius 3 is 2.69 bits per heavy atom. The van der Waals surface area contributed by atoms with Crippen molar-refractivity contribution in [3.8, 4) is 17.2 Å². The Morgan fingerprint density at radius 1 is 1.38 bits per heavy atom. The molecule has 0 saturated carbocycles. The van der Waals surface area contributed by atoms with Gasteiger partial charge < -0.3 is 4.98 Å². The van der Waals surface area contributed by atoms with E-state index >= 15 is 0 Å². The summed E-state index contributed by atoms with van der Waals surface area (Å²) in [6.45, 7) is 1.82. The molecule has 0 saturated heterocycles. The number of pyridine rings is 2. The summed E-state index contributed by atoms with van der Waals surface area (Å²) in [5.41, 5.74) is 2.56. The van der Waals surface area contributed by atoms with E-state index in [-0.39, 0.29) is 11.1 Å². The molecule has 78 valence electrons. The molecule has 0 aromatic carbocycles. The number of nitrogens with zero attached hydrogens (tertiary/aromatic N) is 1. The lowest BCUT2D eigenvalue weighted by atomic mass is 10.0. The number of H-pyrrole nitrogens is 1. The minimum Gasteiger partial charge on any atom is -0.325 e. The van der Waals surface area contributed by atoms with Gasteiger partial charge in [-0.3, -0.25) is 9.78 Å². The van der Waals surface area contributed by atoms with Crippen molar-refractivity contribution in [1.29, 1.82) is 0 Å². The maximum absolute atomic E-state index is 11.4. The molecule has 0 fully saturated rings. The largest absolute Gasteiger partial charge is 0.325 e. The monoisotopic (exact) mass is 212 g/mol. The van der Waals surface area contributed by atoms with Crippen LogP contribution in [-0.2, 0) is 0 Å². The molecule has 0 bridgehead atoms. The molecule has 16 heavy (non-hydrogen) atoms. The summed E-state index contributed by atoms with van der Waals surface area (Å²) in [5, 5.41) is 7.03. The third kappa shape index (κ3) is 1.71. The van der Waals surface area contributed by atoms with E-state index in [9.17, 15) is 4.79 Å². The molecule has 2 heterocycles. The van der Waals surface area contributed by atoms with Crippen LogP contribution in [0.3, 0.4) is 0 Å². The molecular weight excluding hydrogens is 202 g/mol. The summed E-state index contributed by atoms with van der Waals surface area (Å²) >= 11 is 0. The van der Waals surface area contributed by atoms with Crippen LogP contribution in [0.5, 0.6) is 0 Å². The highest BCUT2D eigenvalue weighted by atomic mass is 16.1. The van der Waals surface area contributed by atoms with Crippen molar-refractivity contribution in [2.24, 2.45) is 0 Å². The van der Waals surface area contributed by atoms with Crippen LogP contribution in [0.4, 0.5) is 0 Å². The Kier molecular flexibility index (Phi) is 2.52. The van der Waals surface area contributed by atoms with Crippen molar-refractivity contribution in [2.45, 2.75) is 6.92 Å². The average molecular weight is 212 g/mol. The van der Waals surface area contributed by atoms with Gasteiger partial charge in [-0.05, 0) is 30.7 Å². The second kappa shape index (κ2) is 3.99. The predicted molar refractivity (Wildman–Crippen MR) is 59.0 cm³/mol. The lowest BCUT2D eigenvalue weighted by Gasteiger charge is -2.04. The molecule has 4 nitrogen and oxygen atoms in total. The molecule has 4 heteroatoms. The molecule has 0 aliphatic carbocycles. The summed E-state index contributed by atoms with van der Waals surface area (Å²) in [6, 6.07) is 7.50. The Morgan fingerprint density at radius 2 is 2.06 bits per heavy atom. The van der Waals surface area contributed by atoms with Gasteiger partial charge in [-0.1, -0.05) is 5.26 Å². The van der Waals surface area contributed by atoms with Crippen molar-refractivity contribution in [3.05, 3.63) is 52.2 Å². The third-order valence-electron chi connectivity index (χ3n) is 2.36. The van der Waals surface area contributed by atoms with Crippen LogP contribution in [0.25, 0.3) is 11.1 Å². The molecular formula is C12H10N3O+. The summed E-state index contributed by atoms with van der Waals surface area (Å²) in [6.07, 6.45) is 3.38. The minimum atomic E-state index is -0.287. The van der Waals surface area contributed by atoms with E-state index in [1.807, 2.05) is 19.1 Å². The van der Waals surface area contributed by atoms with Crippen molar-refractivity contribution in [3.63, 3.8) is 0 Å². The average Bonchev–Trinajstić information content (AvgIpc) is 2.30. The maximum Gasteiger partial charge on any atom is 0.314 e. The van der Waals surface area contributed by atoms with E-state index in [1.54, 1.807) is 18.5 Å². The first-order valence-corrected chi connectivity index (χ1v) is 4.79. The number of aryl methyl sites for hydroxylation is 1. The summed E-state index contributed by atoms with van der Waals surface area (Å²) in [5.74, 6) is 0. The van der Waals surface area contributed by atoms with E-state index < -0.39 is 0 Å². The molecule has 0 amide bonds. The highest BCUT2D eigenvalue weighted by molar-refractivity contribution is 5.66. The SMILES string of the molecule is Cc1[nH]c(=O)c(C#[NH+])cc1-c1ccncc1. The van der Waals surface area contributed by atoms with Gasteiger partial charge in [-0.15, -0.1) is 0 Å². The summed E-state index contributed by atoms with van der Waals surface area (Å²) in [4.78, 5) is 18.0. The first-order valence-electron chi connectivity index (χ1n) is 4.79. The van der Waals surface area contributed by atoms with Crippen LogP contribution in [-0.4, -0.2) is 9.97 Å². The van der Waals surface area contributed by atoms with Gasteiger partial charge in [0.1, 0.15) is 0 Å². The Labute approximate surface area is 92.2 Å². The van der Waals surface area contributed by atoms with Gasteiger partial charge in [0, 0.05) is 23.7 Å². The third-order valence-corrected chi connectivity index (χ3v) is 2.36. The van der Waals surface area contributed by atoms with E-state index in [0.29, 0.717) is 0 Å². The number of nitrogens with one attached hydrogen (secondary N) is 2. The van der Waals surface area contributed by atoms with Gasteiger partial charge in [-0.25, -0.2) is 0 Å². The van der Waals surface area contributed by atoms with E-state index in [0.717, 1.165) is 16.8 Å². The zero-order chi connectivity index (χ0) is 11.5. The molecule has 2 N–H and O–H groups in total. The second-order valence-corrected chi connectivity index (χ2v) is 3.41. The zero-order valence-corrected chi connectivity index (χ0v) is 8.74. The van der Waals surface area contributed by atoms with Gasteiger partial charge in [0.25, 0.3) is 5.56 Å². The van der Waals surface area contributed by atoms with Crippen LogP contribution in [0.1, 0.15) is 11.3 Å². The predicted octanol–water partition coefficient (Wildman–Crippen LogP) is -0.134. The van der Waals surface area contributed by atoms with Crippen LogP contribution in [0.2, 0.25) is 0 Å². The summed E-state index contributed by atoms with van der Waals surface area (Å²) in [7, 11) is 0. The standard InChI is InChI=1S/C12H9N3O/c1-8-11(9-2-4-14-5-3-9)6-10(7-13)12(16)15-8/h2-6H,1H3,(H,15,16)/p+1. The van der Waals surface area contributed by atoms with Crippen LogP contribution < -0.4 is 10.8 Å². The highest BCUT2D eigenvalue weighted by Crippen LogP contribution is 2.20. The fraction of sp³-hybridized carbons (Fsp3) is 0.0833. The van der Waals surface area contributed by atoms with E-state index in [2.05, 4.69) is 16.0 Å². The van der Waals surface area contributed by atoms with Crippen LogP contribution >= 0.6 is 0 Å². The van der Waals surface area contributed by atoms with E-state index in [4.69, 9.17) is 5.26 Å². The lowest BCUT2D eigenvalue weighted by Crippen LogP contribution is -2.22. The number of hydrogen-bond donors (Lipinski definition) is 2. The second-order valence-electron chi connectivity index (χ2n) is 3.41. The van der Waals surface area contributed by atoms with Crippen molar-refractivity contribution in [1.82, 2.24) is 9.97 Å². The fourth-order valence-electron chi connectivity index (χ4n) is 1.55. The van der Waals surface area contributed by atoms with Gasteiger partial charge in [0.05, 0.1) is 0 Å². The maximum atomic E-state index is 11.4. The molecule has 0 spiro atoms. The Balaban J connectivity index is 2.68. The van der Waals surface area contributed by atoms with Gasteiger partial charge in [0.15, 0.2) is 5.56 Å². The van der Waals surface area contributed by atoms with Gasteiger partial charge >= 0.3 is 6.07 Å². The molecule has 0 atom stereocenters. The number of aromatic amines is 1. The van der Waals surface area contributed by atoms with Gasteiger partial charge in [-0.2, -0.15) is 0 Å². The Hall–Kier alpha value is -2.41. The van der Waals surface area contributed by atoms with Crippen molar-refractivity contribution >= 4 is 0 Å². The fourth-order valence-corrected chi connectivity index (χ4v) is 1.55. The van der Waals surface area contributed by atoms with Crippen LogP contribution in [0.15, 0.2) is 35.4 Å². The quantitative estimate of drug-likeness (QED) is 0.691. The molecule has 2 aromatic rings. The highest BCUT2D eigenvalue weighted by Gasteiger charge is 2.08. The van der Waals surface area contributed by atoms with Crippen LogP contribution in [0, 0.1) is 13.0 Å². The molecule has 0 unspecified atom stereocenters. The van der Waals surface area contributed by atoms with Crippen molar-refractivity contribution < 1.29 is 5.26 Å². The number of hydrogen-bond acceptors (Lipinski definition) is 2. The van der Waals surface area contributed by atoms with Crippen molar-refractivity contribution in [2.75, 3.05) is 0 Å². The first-order chi connectivity index (χ1) is 7.72. The summed E-state index contributed by atoms with van der Waals surface area (Å²) < 4.78 is 0. The molecule has 2 aromatic heterocycles.